The molecule has 2 N–H and O–H groups in total. The van der Waals surface area contributed by atoms with Gasteiger partial charge in [-0.2, -0.15) is 0 Å². The summed E-state index contributed by atoms with van der Waals surface area (Å²) in [6.07, 6.45) is 1.30. The number of benzene rings is 1. The molecule has 0 atom stereocenters. The second kappa shape index (κ2) is 4.36. The summed E-state index contributed by atoms with van der Waals surface area (Å²) in [5, 5.41) is 18.6. The van der Waals surface area contributed by atoms with Gasteiger partial charge < -0.3 is 15.4 Å². The molecule has 3 heteroatoms. The zero-order chi connectivity index (χ0) is 11.6. The molecular formula is C13H18N2O. The lowest BCUT2D eigenvalue weighted by Gasteiger charge is -2.37. The number of nitrogens with zero attached hydrogens (tertiary/aromatic N) is 1. The van der Waals surface area contributed by atoms with Crippen molar-refractivity contribution in [1.82, 2.24) is 4.90 Å². The molecule has 1 aliphatic rings. The Hall–Kier alpha value is -1.19. The summed E-state index contributed by atoms with van der Waals surface area (Å²) in [5.41, 5.74) is 0.254. The van der Waals surface area contributed by atoms with Crippen LogP contribution in [0.3, 0.4) is 0 Å². The first-order valence-electron chi connectivity index (χ1n) is 5.67. The van der Waals surface area contributed by atoms with Gasteiger partial charge in [0.2, 0.25) is 0 Å². The van der Waals surface area contributed by atoms with Gasteiger partial charge in [0.15, 0.2) is 0 Å². The van der Waals surface area contributed by atoms with Crippen molar-refractivity contribution in [2.75, 3.05) is 20.1 Å². The van der Waals surface area contributed by atoms with Crippen molar-refractivity contribution in [3.63, 3.8) is 0 Å². The molecule has 0 aromatic heterocycles. The van der Waals surface area contributed by atoms with Gasteiger partial charge in [0.05, 0.1) is 5.71 Å². The van der Waals surface area contributed by atoms with E-state index in [0.717, 1.165) is 18.7 Å². The quantitative estimate of drug-likeness (QED) is 0.739. The van der Waals surface area contributed by atoms with Crippen LogP contribution in [0.25, 0.3) is 0 Å². The molecule has 1 heterocycles. The van der Waals surface area contributed by atoms with Gasteiger partial charge in [0.1, 0.15) is 5.60 Å². The zero-order valence-corrected chi connectivity index (χ0v) is 9.61. The summed E-state index contributed by atoms with van der Waals surface area (Å²) in [7, 11) is 2.05. The van der Waals surface area contributed by atoms with Crippen molar-refractivity contribution in [2.24, 2.45) is 0 Å². The predicted octanol–water partition coefficient (Wildman–Crippen LogP) is 1.51. The molecule has 0 bridgehead atoms. The third-order valence-electron chi connectivity index (χ3n) is 3.34. The first kappa shape index (κ1) is 11.3. The Kier molecular flexibility index (Phi) is 3.08. The number of aliphatic hydroxyl groups is 1. The van der Waals surface area contributed by atoms with Crippen LogP contribution < -0.4 is 0 Å². The second-order valence-electron chi connectivity index (χ2n) is 4.58. The highest BCUT2D eigenvalue weighted by molar-refractivity contribution is 6.04. The number of hydrogen-bond donors (Lipinski definition) is 2. The topological polar surface area (TPSA) is 47.3 Å². The molecule has 0 aliphatic carbocycles. The maximum Gasteiger partial charge on any atom is 0.109 e. The molecule has 2 rings (SSSR count). The highest BCUT2D eigenvalue weighted by Gasteiger charge is 2.35. The van der Waals surface area contributed by atoms with E-state index < -0.39 is 5.60 Å². The van der Waals surface area contributed by atoms with E-state index in [9.17, 15) is 5.11 Å². The van der Waals surface area contributed by atoms with Crippen LogP contribution in [-0.4, -0.2) is 41.5 Å². The predicted molar refractivity (Wildman–Crippen MR) is 65.0 cm³/mol. The van der Waals surface area contributed by atoms with Crippen LogP contribution in [0.5, 0.6) is 0 Å². The van der Waals surface area contributed by atoms with E-state index in [1.165, 1.54) is 0 Å². The van der Waals surface area contributed by atoms with Gasteiger partial charge in [-0.25, -0.2) is 0 Å². The van der Waals surface area contributed by atoms with Crippen LogP contribution in [0, 0.1) is 5.41 Å². The summed E-state index contributed by atoms with van der Waals surface area (Å²) in [6, 6.07) is 9.51. The fraction of sp³-hybridized carbons (Fsp3) is 0.462. The van der Waals surface area contributed by atoms with Gasteiger partial charge in [0, 0.05) is 13.1 Å². The maximum atomic E-state index is 10.5. The van der Waals surface area contributed by atoms with Crippen LogP contribution in [-0.2, 0) is 0 Å². The van der Waals surface area contributed by atoms with Gasteiger partial charge in [0.25, 0.3) is 0 Å². The average molecular weight is 218 g/mol. The van der Waals surface area contributed by atoms with Gasteiger partial charge in [-0.3, -0.25) is 0 Å². The first-order valence-corrected chi connectivity index (χ1v) is 5.67. The lowest BCUT2D eigenvalue weighted by atomic mass is 9.83. The maximum absolute atomic E-state index is 10.5. The Bertz CT molecular complexity index is 367. The van der Waals surface area contributed by atoms with Crippen molar-refractivity contribution < 1.29 is 5.11 Å². The van der Waals surface area contributed by atoms with E-state index in [1.807, 2.05) is 37.4 Å². The van der Waals surface area contributed by atoms with Gasteiger partial charge >= 0.3 is 0 Å². The highest BCUT2D eigenvalue weighted by atomic mass is 16.3. The third-order valence-corrected chi connectivity index (χ3v) is 3.34. The number of likely N-dealkylation sites (tertiary alicyclic amines) is 1. The summed E-state index contributed by atoms with van der Waals surface area (Å²) in [5.74, 6) is 0. The summed E-state index contributed by atoms with van der Waals surface area (Å²) in [6.45, 7) is 1.71. The summed E-state index contributed by atoms with van der Waals surface area (Å²) < 4.78 is 0. The Morgan fingerprint density at radius 3 is 2.38 bits per heavy atom. The Balaban J connectivity index is 2.16. The molecule has 0 amide bonds. The van der Waals surface area contributed by atoms with E-state index in [1.54, 1.807) is 0 Å². The molecule has 0 saturated carbocycles. The van der Waals surface area contributed by atoms with Crippen molar-refractivity contribution >= 4 is 5.71 Å². The molecule has 1 aliphatic heterocycles. The Morgan fingerprint density at radius 2 is 1.81 bits per heavy atom. The molecule has 3 nitrogen and oxygen atoms in total. The van der Waals surface area contributed by atoms with Crippen molar-refractivity contribution in [1.29, 1.82) is 5.41 Å². The third kappa shape index (κ3) is 2.15. The molecule has 1 aromatic carbocycles. The monoisotopic (exact) mass is 218 g/mol. The summed E-state index contributed by atoms with van der Waals surface area (Å²) >= 11 is 0. The Morgan fingerprint density at radius 1 is 1.25 bits per heavy atom. The smallest absolute Gasteiger partial charge is 0.109 e. The van der Waals surface area contributed by atoms with Gasteiger partial charge in [-0.1, -0.05) is 30.3 Å². The van der Waals surface area contributed by atoms with Gasteiger partial charge in [-0.05, 0) is 25.5 Å². The standard InChI is InChI=1S/C13H18N2O/c1-15-9-7-13(16,8-10-15)12(14)11-5-3-2-4-6-11/h2-6,14,16H,7-10H2,1H3. The fourth-order valence-electron chi connectivity index (χ4n) is 2.11. The number of rotatable bonds is 2. The van der Waals surface area contributed by atoms with Crippen LogP contribution >= 0.6 is 0 Å². The lowest BCUT2D eigenvalue weighted by molar-refractivity contribution is 0.0436. The molecule has 0 unspecified atom stereocenters. The van der Waals surface area contributed by atoms with Crippen LogP contribution in [0.15, 0.2) is 30.3 Å². The number of piperidine rings is 1. The first-order chi connectivity index (χ1) is 7.62. The van der Waals surface area contributed by atoms with Crippen LogP contribution in [0.4, 0.5) is 0 Å². The van der Waals surface area contributed by atoms with Crippen LogP contribution in [0.1, 0.15) is 18.4 Å². The average Bonchev–Trinajstić information content (AvgIpc) is 2.33. The molecule has 1 fully saturated rings. The zero-order valence-electron chi connectivity index (χ0n) is 9.61. The fourth-order valence-corrected chi connectivity index (χ4v) is 2.11. The van der Waals surface area contributed by atoms with E-state index in [4.69, 9.17) is 5.41 Å². The van der Waals surface area contributed by atoms with Crippen molar-refractivity contribution in [3.8, 4) is 0 Å². The molecular weight excluding hydrogens is 200 g/mol. The molecule has 0 spiro atoms. The SMILES string of the molecule is CN1CCC(O)(C(=N)c2ccccc2)CC1. The Labute approximate surface area is 96.2 Å². The van der Waals surface area contributed by atoms with E-state index in [2.05, 4.69) is 4.90 Å². The largest absolute Gasteiger partial charge is 0.383 e. The molecule has 86 valence electrons. The number of hydrogen-bond acceptors (Lipinski definition) is 3. The molecule has 1 saturated heterocycles. The molecule has 1 aromatic rings. The minimum atomic E-state index is -0.937. The minimum Gasteiger partial charge on any atom is -0.383 e. The number of nitrogens with one attached hydrogen (secondary N) is 1. The van der Waals surface area contributed by atoms with E-state index >= 15 is 0 Å². The van der Waals surface area contributed by atoms with Crippen LogP contribution in [0.2, 0.25) is 0 Å². The molecule has 0 radical (unpaired) electrons. The van der Waals surface area contributed by atoms with Crippen molar-refractivity contribution in [3.05, 3.63) is 35.9 Å². The van der Waals surface area contributed by atoms with Crippen molar-refractivity contribution in [2.45, 2.75) is 18.4 Å². The summed E-state index contributed by atoms with van der Waals surface area (Å²) in [4.78, 5) is 2.19. The van der Waals surface area contributed by atoms with Gasteiger partial charge in [-0.15, -0.1) is 0 Å². The minimum absolute atomic E-state index is 0.362. The highest BCUT2D eigenvalue weighted by Crippen LogP contribution is 2.25. The molecule has 16 heavy (non-hydrogen) atoms. The van der Waals surface area contributed by atoms with E-state index in [0.29, 0.717) is 18.6 Å². The lowest BCUT2D eigenvalue weighted by Crippen LogP contribution is -2.48. The van der Waals surface area contributed by atoms with E-state index in [-0.39, 0.29) is 0 Å². The second-order valence-corrected chi connectivity index (χ2v) is 4.58. The normalized spacial score (nSPS) is 20.6.